The lowest BCUT2D eigenvalue weighted by Crippen LogP contribution is -2.44. The molecule has 0 saturated carbocycles. The number of rotatable bonds is 2. The predicted molar refractivity (Wildman–Crippen MR) is 69.3 cm³/mol. The van der Waals surface area contributed by atoms with Gasteiger partial charge < -0.3 is 10.5 Å². The fourth-order valence-electron chi connectivity index (χ4n) is 2.82. The zero-order valence-corrected chi connectivity index (χ0v) is 10.6. The van der Waals surface area contributed by atoms with E-state index in [1.54, 1.807) is 12.3 Å². The molecule has 1 aliphatic carbocycles. The summed E-state index contributed by atoms with van der Waals surface area (Å²) in [6, 6.07) is 1.47. The summed E-state index contributed by atoms with van der Waals surface area (Å²) >= 11 is 0. The maximum absolute atomic E-state index is 11.0. The molecular weight excluding hydrogens is 246 g/mol. The number of nitrogens with two attached hydrogens (primary N) is 1. The number of pyridine rings is 1. The molecule has 2 heterocycles. The highest BCUT2D eigenvalue weighted by molar-refractivity contribution is 5.74. The summed E-state index contributed by atoms with van der Waals surface area (Å²) in [6.07, 6.45) is 5.48. The van der Waals surface area contributed by atoms with Crippen LogP contribution in [0.2, 0.25) is 0 Å². The third kappa shape index (κ3) is 1.84. The van der Waals surface area contributed by atoms with Gasteiger partial charge in [-0.1, -0.05) is 13.0 Å². The molecule has 19 heavy (non-hydrogen) atoms. The minimum absolute atomic E-state index is 0.0285. The van der Waals surface area contributed by atoms with Crippen molar-refractivity contribution >= 4 is 11.3 Å². The molecule has 1 saturated heterocycles. The van der Waals surface area contributed by atoms with Crippen LogP contribution in [0.5, 0.6) is 0 Å². The molecule has 1 fully saturated rings. The molecule has 1 aromatic rings. The van der Waals surface area contributed by atoms with Gasteiger partial charge in [-0.15, -0.1) is 0 Å². The fraction of sp³-hybridized carbons (Fsp3) is 0.462. The summed E-state index contributed by atoms with van der Waals surface area (Å²) in [4.78, 5) is 14.5. The number of hydrogen-bond donors (Lipinski definition) is 1. The number of nitrogens with zero attached hydrogens (tertiary/aromatic N) is 2. The maximum atomic E-state index is 11.0. The zero-order valence-electron chi connectivity index (χ0n) is 10.6. The van der Waals surface area contributed by atoms with Crippen LogP contribution in [0, 0.1) is 16.0 Å². The number of nitro groups is 1. The van der Waals surface area contributed by atoms with Crippen molar-refractivity contribution < 1.29 is 9.66 Å². The van der Waals surface area contributed by atoms with E-state index < -0.39 is 4.92 Å². The van der Waals surface area contributed by atoms with Crippen LogP contribution in [-0.2, 0) is 4.74 Å². The average molecular weight is 261 g/mol. The van der Waals surface area contributed by atoms with Gasteiger partial charge in [0.25, 0.3) is 5.69 Å². The second-order valence-corrected chi connectivity index (χ2v) is 5.22. The van der Waals surface area contributed by atoms with Gasteiger partial charge in [0.05, 0.1) is 23.1 Å². The molecule has 3 rings (SSSR count). The minimum Gasteiger partial charge on any atom is -0.367 e. The Labute approximate surface area is 110 Å². The van der Waals surface area contributed by atoms with E-state index in [-0.39, 0.29) is 23.2 Å². The normalized spacial score (nSPS) is 33.1. The molecule has 6 nitrogen and oxygen atoms in total. The monoisotopic (exact) mass is 261 g/mol. The minimum atomic E-state index is -0.405. The van der Waals surface area contributed by atoms with Gasteiger partial charge in [-0.05, 0) is 24.0 Å². The zero-order chi connectivity index (χ0) is 13.6. The Morgan fingerprint density at radius 1 is 1.63 bits per heavy atom. The molecule has 0 unspecified atom stereocenters. The van der Waals surface area contributed by atoms with Crippen molar-refractivity contribution in [3.05, 3.63) is 40.2 Å². The topological polar surface area (TPSA) is 94.6 Å². The lowest BCUT2D eigenvalue weighted by molar-refractivity contribution is -0.385. The molecule has 0 amide bonds. The molecule has 6 heteroatoms. The SMILES string of the molecule is C[C@H]1CC(c2ccncc2[N+](=O)[O-])=C[C@@H](N)[C@@]12CO2. The maximum Gasteiger partial charge on any atom is 0.294 e. The third-order valence-corrected chi connectivity index (χ3v) is 4.13. The molecule has 1 aliphatic heterocycles. The van der Waals surface area contributed by atoms with Crippen molar-refractivity contribution in [2.45, 2.75) is 25.0 Å². The van der Waals surface area contributed by atoms with Gasteiger partial charge in [-0.2, -0.15) is 0 Å². The largest absolute Gasteiger partial charge is 0.367 e. The smallest absolute Gasteiger partial charge is 0.294 e. The van der Waals surface area contributed by atoms with E-state index in [1.165, 1.54) is 6.20 Å². The first-order valence-corrected chi connectivity index (χ1v) is 6.23. The highest BCUT2D eigenvalue weighted by Crippen LogP contribution is 2.47. The van der Waals surface area contributed by atoms with E-state index >= 15 is 0 Å². The summed E-state index contributed by atoms with van der Waals surface area (Å²) in [5.41, 5.74) is 7.44. The molecule has 2 aliphatic rings. The van der Waals surface area contributed by atoms with Gasteiger partial charge in [-0.25, -0.2) is 0 Å². The Morgan fingerprint density at radius 3 is 2.95 bits per heavy atom. The Morgan fingerprint density at radius 2 is 2.37 bits per heavy atom. The van der Waals surface area contributed by atoms with E-state index in [0.717, 1.165) is 12.0 Å². The predicted octanol–water partition coefficient (Wildman–Crippen LogP) is 1.51. The van der Waals surface area contributed by atoms with Gasteiger partial charge in [-0.3, -0.25) is 15.1 Å². The van der Waals surface area contributed by atoms with E-state index in [0.29, 0.717) is 12.2 Å². The van der Waals surface area contributed by atoms with Crippen molar-refractivity contribution in [3.63, 3.8) is 0 Å². The van der Waals surface area contributed by atoms with Crippen LogP contribution in [0.4, 0.5) is 5.69 Å². The van der Waals surface area contributed by atoms with Crippen molar-refractivity contribution in [2.75, 3.05) is 6.61 Å². The quantitative estimate of drug-likeness (QED) is 0.494. The van der Waals surface area contributed by atoms with Gasteiger partial charge in [0, 0.05) is 6.20 Å². The summed E-state index contributed by atoms with van der Waals surface area (Å²) < 4.78 is 5.51. The summed E-state index contributed by atoms with van der Waals surface area (Å²) in [7, 11) is 0. The number of epoxide rings is 1. The highest BCUT2D eigenvalue weighted by Gasteiger charge is 2.55. The van der Waals surface area contributed by atoms with Crippen LogP contribution in [0.25, 0.3) is 5.57 Å². The van der Waals surface area contributed by atoms with Crippen molar-refractivity contribution in [3.8, 4) is 0 Å². The van der Waals surface area contributed by atoms with Gasteiger partial charge in [0.15, 0.2) is 0 Å². The lowest BCUT2D eigenvalue weighted by Gasteiger charge is -2.30. The Hall–Kier alpha value is -1.79. The molecule has 0 aromatic carbocycles. The molecule has 0 radical (unpaired) electrons. The number of allylic oxidation sites excluding steroid dienone is 1. The Balaban J connectivity index is 2.02. The number of aromatic nitrogens is 1. The standard InChI is InChI=1S/C13H15N3O3/c1-8-4-9(5-12(14)13(8)7-19-13)10-2-3-15-6-11(10)16(17)18/h2-3,5-6,8,12H,4,7,14H2,1H3/t8-,12+,13+/m0/s1. The first kappa shape index (κ1) is 12.3. The second-order valence-electron chi connectivity index (χ2n) is 5.22. The molecule has 0 bridgehead atoms. The van der Waals surface area contributed by atoms with Gasteiger partial charge in [0.2, 0.25) is 0 Å². The fourth-order valence-corrected chi connectivity index (χ4v) is 2.82. The van der Waals surface area contributed by atoms with Crippen LogP contribution >= 0.6 is 0 Å². The molecule has 3 atom stereocenters. The lowest BCUT2D eigenvalue weighted by atomic mass is 9.76. The molecule has 2 N–H and O–H groups in total. The van der Waals surface area contributed by atoms with Gasteiger partial charge >= 0.3 is 0 Å². The molecule has 1 spiro atoms. The summed E-state index contributed by atoms with van der Waals surface area (Å²) in [5.74, 6) is 0.260. The molecule has 1 aromatic heterocycles. The molecular formula is C13H15N3O3. The van der Waals surface area contributed by atoms with Gasteiger partial charge in [0.1, 0.15) is 11.8 Å². The number of hydrogen-bond acceptors (Lipinski definition) is 5. The van der Waals surface area contributed by atoms with Crippen molar-refractivity contribution in [1.29, 1.82) is 0 Å². The van der Waals surface area contributed by atoms with E-state index in [9.17, 15) is 10.1 Å². The average Bonchev–Trinajstić information content (AvgIpc) is 3.17. The van der Waals surface area contributed by atoms with E-state index in [2.05, 4.69) is 11.9 Å². The summed E-state index contributed by atoms with van der Waals surface area (Å²) in [6.45, 7) is 2.75. The van der Waals surface area contributed by atoms with Crippen LogP contribution in [0.3, 0.4) is 0 Å². The van der Waals surface area contributed by atoms with Crippen LogP contribution in [-0.4, -0.2) is 28.2 Å². The third-order valence-electron chi connectivity index (χ3n) is 4.13. The number of ether oxygens (including phenoxy) is 1. The van der Waals surface area contributed by atoms with Crippen LogP contribution < -0.4 is 5.73 Å². The van der Waals surface area contributed by atoms with E-state index in [1.807, 2.05) is 6.08 Å². The van der Waals surface area contributed by atoms with E-state index in [4.69, 9.17) is 10.5 Å². The Bertz CT molecular complexity index is 566. The molecule has 100 valence electrons. The van der Waals surface area contributed by atoms with Crippen LogP contribution in [0.1, 0.15) is 18.9 Å². The summed E-state index contributed by atoms with van der Waals surface area (Å²) in [5, 5.41) is 11.0. The first-order chi connectivity index (χ1) is 9.04. The van der Waals surface area contributed by atoms with Crippen molar-refractivity contribution in [2.24, 2.45) is 11.7 Å². The van der Waals surface area contributed by atoms with Crippen molar-refractivity contribution in [1.82, 2.24) is 4.98 Å². The second kappa shape index (κ2) is 4.11. The van der Waals surface area contributed by atoms with Crippen LogP contribution in [0.15, 0.2) is 24.5 Å². The highest BCUT2D eigenvalue weighted by atomic mass is 16.6. The first-order valence-electron chi connectivity index (χ1n) is 6.23. The Kier molecular flexibility index (Phi) is 2.65.